The molecule has 44 heavy (non-hydrogen) atoms. The quantitative estimate of drug-likeness (QED) is 0.146. The molecular weight excluding hydrogens is 530 g/mol. The summed E-state index contributed by atoms with van der Waals surface area (Å²) >= 11 is 0. The topological polar surface area (TPSA) is 4.93 Å². The van der Waals surface area contributed by atoms with Crippen LogP contribution in [0.5, 0.6) is 0 Å². The molecule has 1 unspecified atom stereocenters. The Hall–Kier alpha value is -3.32. The van der Waals surface area contributed by atoms with Gasteiger partial charge in [0.05, 0.1) is 16.7 Å². The Morgan fingerprint density at radius 3 is 2.07 bits per heavy atom. The molecule has 1 aromatic heterocycles. The number of rotatable bonds is 11. The minimum Gasteiger partial charge on any atom is -0.309 e. The van der Waals surface area contributed by atoms with Crippen LogP contribution in [-0.2, 0) is 19.3 Å². The molecule has 0 saturated carbocycles. The van der Waals surface area contributed by atoms with Crippen LogP contribution in [0, 0.1) is 24.7 Å². The van der Waals surface area contributed by atoms with Gasteiger partial charge >= 0.3 is 0 Å². The molecule has 230 valence electrons. The van der Waals surface area contributed by atoms with Crippen LogP contribution in [0.15, 0.2) is 72.8 Å². The van der Waals surface area contributed by atoms with E-state index in [1.54, 1.807) is 11.1 Å². The average molecular weight is 584 g/mol. The summed E-state index contributed by atoms with van der Waals surface area (Å²) in [5.41, 5.74) is 14.9. The highest BCUT2D eigenvalue weighted by Gasteiger charge is 2.28. The Labute approximate surface area is 266 Å². The lowest BCUT2D eigenvalue weighted by Crippen LogP contribution is -2.20. The molecule has 0 bridgehead atoms. The largest absolute Gasteiger partial charge is 0.309 e. The molecule has 4 aromatic carbocycles. The molecule has 0 aliphatic heterocycles. The lowest BCUT2D eigenvalue weighted by molar-refractivity contribution is 0.295. The fraction of sp³-hybridized carbons (Fsp3) is 0.442. The Kier molecular flexibility index (Phi) is 8.29. The maximum Gasteiger partial charge on any atom is 0.0544 e. The zero-order valence-corrected chi connectivity index (χ0v) is 28.6. The van der Waals surface area contributed by atoms with Gasteiger partial charge in [0.2, 0.25) is 0 Å². The second-order valence-electron chi connectivity index (χ2n) is 15.1. The Bertz CT molecular complexity index is 1790. The number of nitrogens with zero attached hydrogens (tertiary/aromatic N) is 1. The van der Waals surface area contributed by atoms with E-state index in [4.69, 9.17) is 0 Å². The summed E-state index contributed by atoms with van der Waals surface area (Å²) in [7, 11) is 0. The van der Waals surface area contributed by atoms with Crippen LogP contribution in [0.4, 0.5) is 0 Å². The summed E-state index contributed by atoms with van der Waals surface area (Å²) in [5, 5.41) is 2.69. The van der Waals surface area contributed by atoms with E-state index in [1.165, 1.54) is 93.8 Å². The predicted octanol–water partition coefficient (Wildman–Crippen LogP) is 12.2. The normalized spacial score (nSPS) is 15.1. The number of hydrogen-bond acceptors (Lipinski definition) is 0. The predicted molar refractivity (Wildman–Crippen MR) is 192 cm³/mol. The first kappa shape index (κ1) is 30.7. The van der Waals surface area contributed by atoms with Crippen molar-refractivity contribution < 1.29 is 0 Å². The van der Waals surface area contributed by atoms with Gasteiger partial charge in [-0.2, -0.15) is 0 Å². The summed E-state index contributed by atoms with van der Waals surface area (Å²) in [5.74, 6) is 0.762. The second-order valence-corrected chi connectivity index (χ2v) is 15.1. The van der Waals surface area contributed by atoms with Crippen LogP contribution in [-0.4, -0.2) is 4.57 Å². The van der Waals surface area contributed by atoms with Gasteiger partial charge in [-0.05, 0) is 114 Å². The fourth-order valence-electron chi connectivity index (χ4n) is 7.68. The molecule has 0 N–H and O–H groups in total. The molecule has 1 atom stereocenters. The fourth-order valence-corrected chi connectivity index (χ4v) is 7.68. The van der Waals surface area contributed by atoms with Crippen molar-refractivity contribution in [3.05, 3.63) is 112 Å². The van der Waals surface area contributed by atoms with Gasteiger partial charge in [-0.3, -0.25) is 0 Å². The van der Waals surface area contributed by atoms with Crippen molar-refractivity contribution in [2.24, 2.45) is 10.8 Å². The number of benzene rings is 4. The van der Waals surface area contributed by atoms with E-state index in [2.05, 4.69) is 133 Å². The number of aryl methyl sites for hydroxylation is 2. The van der Waals surface area contributed by atoms with Crippen LogP contribution in [0.3, 0.4) is 0 Å². The summed E-state index contributed by atoms with van der Waals surface area (Å²) in [6.07, 6.45) is 9.68. The summed E-state index contributed by atoms with van der Waals surface area (Å²) < 4.78 is 2.54. The Morgan fingerprint density at radius 1 is 0.705 bits per heavy atom. The van der Waals surface area contributed by atoms with Gasteiger partial charge < -0.3 is 4.57 Å². The first-order chi connectivity index (χ1) is 21.0. The Morgan fingerprint density at radius 2 is 1.39 bits per heavy atom. The third-order valence-corrected chi connectivity index (χ3v) is 11.5. The molecule has 0 fully saturated rings. The van der Waals surface area contributed by atoms with Crippen LogP contribution < -0.4 is 0 Å². The van der Waals surface area contributed by atoms with Gasteiger partial charge in [-0.25, -0.2) is 0 Å². The van der Waals surface area contributed by atoms with E-state index >= 15 is 0 Å². The van der Waals surface area contributed by atoms with Gasteiger partial charge in [0.15, 0.2) is 0 Å². The number of aromatic nitrogens is 1. The number of fused-ring (bicyclic) bond motifs is 4. The van der Waals surface area contributed by atoms with Gasteiger partial charge in [-0.15, -0.1) is 0 Å². The van der Waals surface area contributed by atoms with Crippen LogP contribution >= 0.6 is 0 Å². The van der Waals surface area contributed by atoms with E-state index in [0.29, 0.717) is 10.8 Å². The summed E-state index contributed by atoms with van der Waals surface area (Å²) in [4.78, 5) is 0. The molecular formula is C43H53N. The van der Waals surface area contributed by atoms with Crippen molar-refractivity contribution in [1.29, 1.82) is 0 Å². The van der Waals surface area contributed by atoms with Crippen molar-refractivity contribution >= 4 is 21.8 Å². The average Bonchev–Trinajstić information content (AvgIpc) is 3.31. The van der Waals surface area contributed by atoms with Crippen molar-refractivity contribution in [2.75, 3.05) is 0 Å². The maximum atomic E-state index is 2.54. The molecule has 1 heteroatoms. The standard InChI is InChI=1S/C43H53N/c1-9-42(6,7)21-20-34-27-35-25-31(16-18-36(34)35)24-33-22-29(4)41(30(5)23-33)44-39-15-13-12-14-37(39)38-19-17-32(26-40(38)44)28-43(8,10-2)11-3/h12-19,22-23,25-26,34H,9-11,20-21,24,27-28H2,1-8H3. The van der Waals surface area contributed by atoms with Gasteiger partial charge in [0.1, 0.15) is 0 Å². The van der Waals surface area contributed by atoms with Crippen molar-refractivity contribution in [2.45, 2.75) is 113 Å². The van der Waals surface area contributed by atoms with Gasteiger partial charge in [-0.1, -0.05) is 121 Å². The number of para-hydroxylation sites is 1. The van der Waals surface area contributed by atoms with E-state index in [-0.39, 0.29) is 0 Å². The molecule has 1 aliphatic carbocycles. The zero-order chi connectivity index (χ0) is 31.2. The van der Waals surface area contributed by atoms with Crippen molar-refractivity contribution in [3.63, 3.8) is 0 Å². The molecule has 5 aromatic rings. The molecule has 1 heterocycles. The maximum absolute atomic E-state index is 2.54. The summed E-state index contributed by atoms with van der Waals surface area (Å²) in [6.45, 7) is 18.9. The van der Waals surface area contributed by atoms with Crippen LogP contribution in [0.2, 0.25) is 0 Å². The smallest absolute Gasteiger partial charge is 0.0544 e. The highest BCUT2D eigenvalue weighted by molar-refractivity contribution is 6.09. The lowest BCUT2D eigenvalue weighted by Gasteiger charge is -2.33. The first-order valence-corrected chi connectivity index (χ1v) is 17.3. The highest BCUT2D eigenvalue weighted by atomic mass is 15.0. The van der Waals surface area contributed by atoms with E-state index in [1.807, 2.05) is 0 Å². The van der Waals surface area contributed by atoms with E-state index < -0.39 is 0 Å². The molecule has 0 spiro atoms. The SMILES string of the molecule is CCC(C)(C)CCC1Cc2cc(Cc3cc(C)c(-n4c5ccccc5c5ccc(CC(C)(CC)CC)cc54)c(C)c3)ccc21. The van der Waals surface area contributed by atoms with Crippen molar-refractivity contribution in [1.82, 2.24) is 4.57 Å². The van der Waals surface area contributed by atoms with Crippen molar-refractivity contribution in [3.8, 4) is 5.69 Å². The second kappa shape index (κ2) is 11.9. The summed E-state index contributed by atoms with van der Waals surface area (Å²) in [6, 6.07) is 28.3. The lowest BCUT2D eigenvalue weighted by atomic mass is 9.71. The highest BCUT2D eigenvalue weighted by Crippen LogP contribution is 2.42. The third-order valence-electron chi connectivity index (χ3n) is 11.5. The molecule has 0 amide bonds. The van der Waals surface area contributed by atoms with Gasteiger partial charge in [0.25, 0.3) is 0 Å². The van der Waals surface area contributed by atoms with Gasteiger partial charge in [0, 0.05) is 10.8 Å². The molecule has 6 rings (SSSR count). The third kappa shape index (κ3) is 5.76. The molecule has 0 radical (unpaired) electrons. The van der Waals surface area contributed by atoms with E-state index in [9.17, 15) is 0 Å². The zero-order valence-electron chi connectivity index (χ0n) is 28.6. The minimum atomic E-state index is 0.337. The number of hydrogen-bond donors (Lipinski definition) is 0. The first-order valence-electron chi connectivity index (χ1n) is 17.3. The minimum absolute atomic E-state index is 0.337. The Balaban J connectivity index is 1.31. The molecule has 1 aliphatic rings. The van der Waals surface area contributed by atoms with Crippen LogP contribution in [0.1, 0.15) is 119 Å². The molecule has 0 saturated heterocycles. The van der Waals surface area contributed by atoms with Crippen LogP contribution in [0.25, 0.3) is 27.5 Å². The van der Waals surface area contributed by atoms with E-state index in [0.717, 1.165) is 18.8 Å². The molecule has 1 nitrogen and oxygen atoms in total. The monoisotopic (exact) mass is 583 g/mol.